The second-order valence-corrected chi connectivity index (χ2v) is 26.9. The molecular formula is C83H124F2N10O7. The van der Waals surface area contributed by atoms with Gasteiger partial charge >= 0.3 is 0 Å². The Morgan fingerprint density at radius 2 is 1.15 bits per heavy atom. The van der Waals surface area contributed by atoms with E-state index in [0.29, 0.717) is 62.2 Å². The fourth-order valence-electron chi connectivity index (χ4n) is 12.0. The maximum atomic E-state index is 14.1. The van der Waals surface area contributed by atoms with Gasteiger partial charge in [-0.25, -0.2) is 8.78 Å². The largest absolute Gasteiger partial charge is 0.497 e. The van der Waals surface area contributed by atoms with Crippen molar-refractivity contribution in [1.29, 1.82) is 0 Å². The van der Waals surface area contributed by atoms with Crippen LogP contribution < -0.4 is 38.6 Å². The number of alkyl halides is 2. The normalized spacial score (nSPS) is 13.3. The van der Waals surface area contributed by atoms with E-state index in [4.69, 9.17) is 38.2 Å². The first kappa shape index (κ1) is 84.8. The lowest BCUT2D eigenvalue weighted by Crippen LogP contribution is -2.36. The average molecular weight is 1410 g/mol. The molecule has 0 aliphatic carbocycles. The fourth-order valence-corrected chi connectivity index (χ4v) is 12.0. The van der Waals surface area contributed by atoms with Gasteiger partial charge in [0.2, 0.25) is 0 Å². The maximum absolute atomic E-state index is 14.1. The number of anilines is 1. The number of methoxy groups -OCH3 is 1. The Balaban J connectivity index is 0.000000275. The third-order valence-corrected chi connectivity index (χ3v) is 17.9. The predicted octanol–water partition coefficient (Wildman–Crippen LogP) is 17.7. The van der Waals surface area contributed by atoms with E-state index < -0.39 is 5.92 Å². The van der Waals surface area contributed by atoms with E-state index in [9.17, 15) is 8.78 Å². The second-order valence-electron chi connectivity index (χ2n) is 26.9. The first-order chi connectivity index (χ1) is 48.4. The van der Waals surface area contributed by atoms with Gasteiger partial charge in [0.05, 0.1) is 63.0 Å². The van der Waals surface area contributed by atoms with Crippen LogP contribution in [0.25, 0.3) is 22.5 Å². The van der Waals surface area contributed by atoms with Crippen molar-refractivity contribution in [2.45, 2.75) is 153 Å². The van der Waals surface area contributed by atoms with E-state index in [2.05, 4.69) is 150 Å². The van der Waals surface area contributed by atoms with Gasteiger partial charge in [0.25, 0.3) is 5.92 Å². The molecule has 1 fully saturated rings. The summed E-state index contributed by atoms with van der Waals surface area (Å²) in [6, 6.07) is 37.8. The molecule has 5 aromatic carbocycles. The van der Waals surface area contributed by atoms with Crippen LogP contribution in [0.4, 0.5) is 14.5 Å². The van der Waals surface area contributed by atoms with E-state index in [1.54, 1.807) is 13.3 Å². The van der Waals surface area contributed by atoms with Crippen molar-refractivity contribution in [3.63, 3.8) is 0 Å². The first-order valence-corrected chi connectivity index (χ1v) is 36.4. The number of aromatic amines is 2. The highest BCUT2D eigenvalue weighted by molar-refractivity contribution is 6.14. The summed E-state index contributed by atoms with van der Waals surface area (Å²) in [4.78, 5) is 14.1. The Kier molecular flexibility index (Phi) is 38.3. The topological polar surface area (TPSA) is 159 Å². The third kappa shape index (κ3) is 29.5. The molecule has 7 aromatic rings. The van der Waals surface area contributed by atoms with Gasteiger partial charge in [-0.15, -0.1) is 0 Å². The van der Waals surface area contributed by atoms with Gasteiger partial charge in [-0.1, -0.05) is 79.7 Å². The van der Waals surface area contributed by atoms with Crippen molar-refractivity contribution in [2.24, 2.45) is 16.8 Å². The van der Waals surface area contributed by atoms with E-state index in [-0.39, 0.29) is 20.4 Å². The Morgan fingerprint density at radius 3 is 1.73 bits per heavy atom. The SMILES string of the molecule is C.C.CCCCN(C)Cc1cn[nH]c1-c1cc(OCCCC(C)C)cc(C(C)(F)F)c1.CCCCN(C)Cc1cn[nH]c1-c1ccc(OCCOc2cccc(OCCC3CCOCC3)c2)cc1.CCN(CCCOc1ccc(OC)cc1)c1ccc(C2=NCC=C2CN(C)CC(C)NC)cc1. The molecule has 2 aromatic heterocycles. The Hall–Kier alpha value is -7.81. The number of halogens is 2. The lowest BCUT2D eigenvalue weighted by Gasteiger charge is -2.24. The number of ether oxygens (including phenoxy) is 7. The third-order valence-electron chi connectivity index (χ3n) is 17.9. The van der Waals surface area contributed by atoms with Crippen LogP contribution in [0.15, 0.2) is 144 Å². The van der Waals surface area contributed by atoms with Crippen molar-refractivity contribution in [1.82, 2.24) is 40.4 Å². The number of aliphatic imine (C=N–C) groups is 1. The summed E-state index contributed by atoms with van der Waals surface area (Å²) < 4.78 is 68.3. The van der Waals surface area contributed by atoms with Gasteiger partial charge in [-0.2, -0.15) is 10.2 Å². The Bertz CT molecular complexity index is 3460. The summed E-state index contributed by atoms with van der Waals surface area (Å²) in [6.45, 7) is 26.9. The highest BCUT2D eigenvalue weighted by Crippen LogP contribution is 2.36. The number of likely N-dealkylation sites (N-methyl/N-ethyl adjacent to an activating group) is 2. The zero-order valence-corrected chi connectivity index (χ0v) is 62.1. The average Bonchev–Trinajstić information content (AvgIpc) is 1.34. The molecule has 9 rings (SSSR count). The first-order valence-electron chi connectivity index (χ1n) is 36.4. The van der Waals surface area contributed by atoms with E-state index in [1.165, 1.54) is 47.4 Å². The molecule has 2 aliphatic rings. The fraction of sp³-hybridized carbons (Fsp3) is 0.530. The molecule has 562 valence electrons. The minimum absolute atomic E-state index is 0. The van der Waals surface area contributed by atoms with E-state index >= 15 is 0 Å². The quantitative estimate of drug-likeness (QED) is 0.0311. The molecule has 19 heteroatoms. The van der Waals surface area contributed by atoms with Crippen LogP contribution in [0, 0.1) is 11.8 Å². The van der Waals surface area contributed by atoms with Crippen LogP contribution in [-0.4, -0.2) is 174 Å². The van der Waals surface area contributed by atoms with Gasteiger partial charge in [0.1, 0.15) is 47.7 Å². The van der Waals surface area contributed by atoms with Crippen LogP contribution in [-0.2, 0) is 23.7 Å². The molecule has 0 radical (unpaired) electrons. The molecule has 102 heavy (non-hydrogen) atoms. The summed E-state index contributed by atoms with van der Waals surface area (Å²) in [5.41, 5.74) is 10.6. The van der Waals surface area contributed by atoms with Crippen LogP contribution >= 0.6 is 0 Å². The highest BCUT2D eigenvalue weighted by atomic mass is 19.3. The van der Waals surface area contributed by atoms with Gasteiger partial charge in [-0.05, 0) is 215 Å². The zero-order valence-electron chi connectivity index (χ0n) is 62.1. The van der Waals surface area contributed by atoms with Crippen molar-refractivity contribution < 1.29 is 41.9 Å². The van der Waals surface area contributed by atoms with Crippen LogP contribution in [0.1, 0.15) is 150 Å². The predicted molar refractivity (Wildman–Crippen MR) is 417 cm³/mol. The Labute approximate surface area is 611 Å². The second kappa shape index (κ2) is 46.0. The van der Waals surface area contributed by atoms with Crippen molar-refractivity contribution in [3.05, 3.63) is 162 Å². The van der Waals surface area contributed by atoms with Crippen LogP contribution in [0.2, 0.25) is 0 Å². The van der Waals surface area contributed by atoms with Gasteiger partial charge in [0.15, 0.2) is 0 Å². The van der Waals surface area contributed by atoms with Crippen molar-refractivity contribution in [3.8, 4) is 57.0 Å². The summed E-state index contributed by atoms with van der Waals surface area (Å²) in [5.74, 6) is 3.01. The van der Waals surface area contributed by atoms with Gasteiger partial charge in [-0.3, -0.25) is 15.2 Å². The molecular weight excluding hydrogens is 1290 g/mol. The summed E-state index contributed by atoms with van der Waals surface area (Å²) in [5, 5.41) is 17.9. The number of nitrogens with one attached hydrogen (secondary N) is 3. The highest BCUT2D eigenvalue weighted by Gasteiger charge is 2.27. The van der Waals surface area contributed by atoms with Crippen LogP contribution in [0.3, 0.4) is 0 Å². The number of benzene rings is 5. The molecule has 0 bridgehead atoms. The number of rotatable bonds is 41. The van der Waals surface area contributed by atoms with E-state index in [0.717, 1.165) is 187 Å². The zero-order chi connectivity index (χ0) is 71.5. The summed E-state index contributed by atoms with van der Waals surface area (Å²) in [6.07, 6.45) is 16.9. The van der Waals surface area contributed by atoms with Gasteiger partial charge < -0.3 is 58.1 Å². The minimum atomic E-state index is -2.94. The molecule has 0 amide bonds. The van der Waals surface area contributed by atoms with Gasteiger partial charge in [0, 0.05) is 111 Å². The smallest absolute Gasteiger partial charge is 0.270 e. The molecule has 1 saturated heterocycles. The maximum Gasteiger partial charge on any atom is 0.270 e. The lowest BCUT2D eigenvalue weighted by atomic mass is 9.97. The molecule has 2 aliphatic heterocycles. The standard InChI is InChI=1S/C30H41N3O4.C28H40N4O2.C23H35F2N3O.2CH4/c1-3-4-15-33(2)23-26-22-31-32-30(26)25-8-10-27(11-9-25)36-19-20-37-29-7-5-6-28(21-29)35-18-14-24-12-16-34-17-13-24;1-6-32(18-7-19-34-27-14-12-26(33-5)13-15-27)25-10-8-23(9-11-25)28-24(16-17-30-28)21-31(4)20-22(2)29-3;1-6-7-10-28(5)16-19-15-26-27-22(19)18-12-20(23(4,24)25)14-21(13-18)29-11-8-9-17(2)3;;/h5-11,21-22,24H,3-4,12-20,23H2,1-2H3,(H,31,32);8-16,22,29H,6-7,17-21H2,1-5H3;12-15,17H,6-11,16H2,1-5H3,(H,26,27);2*1H4. The lowest BCUT2D eigenvalue weighted by molar-refractivity contribution is 0.0172. The monoisotopic (exact) mass is 1410 g/mol. The molecule has 1 atom stereocenters. The number of hydrogen-bond acceptors (Lipinski definition) is 15. The Morgan fingerprint density at radius 1 is 0.598 bits per heavy atom. The summed E-state index contributed by atoms with van der Waals surface area (Å²) >= 11 is 0. The van der Waals surface area contributed by atoms with Crippen LogP contribution in [0.5, 0.6) is 34.5 Å². The molecule has 1 unspecified atom stereocenters. The summed E-state index contributed by atoms with van der Waals surface area (Å²) in [7, 11) is 10.1. The van der Waals surface area contributed by atoms with Crippen molar-refractivity contribution >= 4 is 11.4 Å². The number of hydrogen-bond donors (Lipinski definition) is 3. The number of nitrogens with zero attached hydrogens (tertiary/aromatic N) is 7. The van der Waals surface area contributed by atoms with E-state index in [1.807, 2.05) is 80.0 Å². The molecule has 0 saturated carbocycles. The molecule has 3 N–H and O–H groups in total. The number of aromatic nitrogens is 4. The molecule has 17 nitrogen and oxygen atoms in total. The number of unbranched alkanes of at least 4 members (excludes halogenated alkanes) is 2. The molecule has 0 spiro atoms. The number of H-pyrrole nitrogens is 2. The van der Waals surface area contributed by atoms with Crippen molar-refractivity contribution in [2.75, 3.05) is 132 Å². The minimum Gasteiger partial charge on any atom is -0.497 e. The molecule has 4 heterocycles.